The minimum atomic E-state index is 0.0244. The van der Waals surface area contributed by atoms with Crippen LogP contribution in [0, 0.1) is 0 Å². The number of H-pyrrole nitrogens is 1. The Kier molecular flexibility index (Phi) is 2.80. The van der Waals surface area contributed by atoms with Crippen molar-refractivity contribution >= 4 is 17.6 Å². The standard InChI is InChI=1S/C10H16N6/c1-7-13-9(11-2)15-10(14-7)16(3)8-4-5-12-6-8/h4-7,12H,1-3H3,(H2,11,13,14,15). The molecular formula is C10H16N6. The third kappa shape index (κ3) is 2.00. The van der Waals surface area contributed by atoms with Crippen molar-refractivity contribution in [2.24, 2.45) is 9.98 Å². The Balaban J connectivity index is 2.21. The third-order valence-electron chi connectivity index (χ3n) is 2.40. The van der Waals surface area contributed by atoms with Crippen LogP contribution in [-0.2, 0) is 0 Å². The second-order valence-corrected chi connectivity index (χ2v) is 3.60. The van der Waals surface area contributed by atoms with Crippen molar-refractivity contribution in [1.29, 1.82) is 0 Å². The smallest absolute Gasteiger partial charge is 0.207 e. The zero-order valence-corrected chi connectivity index (χ0v) is 9.65. The first-order chi connectivity index (χ1) is 7.70. The highest BCUT2D eigenvalue weighted by Gasteiger charge is 2.18. The maximum absolute atomic E-state index is 4.46. The number of aromatic amines is 1. The summed E-state index contributed by atoms with van der Waals surface area (Å²) in [5.41, 5.74) is 1.05. The molecule has 86 valence electrons. The lowest BCUT2D eigenvalue weighted by atomic mass is 10.4. The lowest BCUT2D eigenvalue weighted by Gasteiger charge is -2.28. The molecule has 1 atom stereocenters. The predicted octanol–water partition coefficient (Wildman–Crippen LogP) is 0.331. The SMILES string of the molecule is CN=C1NC(N(C)c2cc[nH]c2)=NC(C)N1. The lowest BCUT2D eigenvalue weighted by Crippen LogP contribution is -2.54. The molecule has 0 amide bonds. The Morgan fingerprint density at radius 1 is 1.50 bits per heavy atom. The second-order valence-electron chi connectivity index (χ2n) is 3.60. The summed E-state index contributed by atoms with van der Waals surface area (Å²) in [7, 11) is 3.70. The summed E-state index contributed by atoms with van der Waals surface area (Å²) in [5, 5.41) is 6.24. The van der Waals surface area contributed by atoms with E-state index in [2.05, 4.69) is 25.6 Å². The molecule has 1 aliphatic heterocycles. The Morgan fingerprint density at radius 3 is 2.94 bits per heavy atom. The highest BCUT2D eigenvalue weighted by Crippen LogP contribution is 2.11. The second kappa shape index (κ2) is 4.26. The lowest BCUT2D eigenvalue weighted by molar-refractivity contribution is 0.664. The minimum absolute atomic E-state index is 0.0244. The summed E-state index contributed by atoms with van der Waals surface area (Å²) in [6, 6.07) is 1.99. The molecule has 0 radical (unpaired) electrons. The van der Waals surface area contributed by atoms with E-state index in [-0.39, 0.29) is 6.17 Å². The van der Waals surface area contributed by atoms with Crippen LogP contribution in [0.15, 0.2) is 28.4 Å². The van der Waals surface area contributed by atoms with E-state index in [0.29, 0.717) is 0 Å². The van der Waals surface area contributed by atoms with E-state index < -0.39 is 0 Å². The van der Waals surface area contributed by atoms with Crippen LogP contribution in [0.5, 0.6) is 0 Å². The number of nitrogens with zero attached hydrogens (tertiary/aromatic N) is 3. The van der Waals surface area contributed by atoms with Gasteiger partial charge in [0.2, 0.25) is 5.96 Å². The van der Waals surface area contributed by atoms with Crippen molar-refractivity contribution in [3.05, 3.63) is 18.5 Å². The van der Waals surface area contributed by atoms with Gasteiger partial charge in [-0.2, -0.15) is 0 Å². The molecule has 0 aromatic carbocycles. The van der Waals surface area contributed by atoms with Crippen LogP contribution in [0.4, 0.5) is 5.69 Å². The zero-order chi connectivity index (χ0) is 11.5. The molecule has 1 unspecified atom stereocenters. The quantitative estimate of drug-likeness (QED) is 0.639. The van der Waals surface area contributed by atoms with Gasteiger partial charge in [-0.25, -0.2) is 4.99 Å². The summed E-state index contributed by atoms with van der Waals surface area (Å²) < 4.78 is 0. The molecule has 0 fully saturated rings. The fourth-order valence-corrected chi connectivity index (χ4v) is 1.52. The van der Waals surface area contributed by atoms with Crippen LogP contribution in [0.1, 0.15) is 6.92 Å². The fourth-order valence-electron chi connectivity index (χ4n) is 1.52. The van der Waals surface area contributed by atoms with Crippen molar-refractivity contribution in [2.75, 3.05) is 19.0 Å². The van der Waals surface area contributed by atoms with E-state index in [1.807, 2.05) is 37.3 Å². The summed E-state index contributed by atoms with van der Waals surface area (Å²) in [4.78, 5) is 13.5. The molecule has 2 rings (SSSR count). The Morgan fingerprint density at radius 2 is 2.31 bits per heavy atom. The number of hydrogen-bond donors (Lipinski definition) is 3. The highest BCUT2D eigenvalue weighted by molar-refractivity contribution is 6.07. The van der Waals surface area contributed by atoms with Crippen LogP contribution in [0.2, 0.25) is 0 Å². The van der Waals surface area contributed by atoms with Crippen molar-refractivity contribution in [2.45, 2.75) is 13.1 Å². The van der Waals surface area contributed by atoms with E-state index in [1.54, 1.807) is 7.05 Å². The maximum atomic E-state index is 4.46. The van der Waals surface area contributed by atoms with Gasteiger partial charge in [0.05, 0.1) is 5.69 Å². The number of anilines is 1. The number of rotatable bonds is 1. The molecule has 6 heteroatoms. The summed E-state index contributed by atoms with van der Waals surface area (Å²) in [6.07, 6.45) is 3.82. The molecule has 3 N–H and O–H groups in total. The monoisotopic (exact) mass is 220 g/mol. The van der Waals surface area contributed by atoms with Gasteiger partial charge < -0.3 is 15.2 Å². The number of guanidine groups is 2. The van der Waals surface area contributed by atoms with Gasteiger partial charge in [0.15, 0.2) is 5.96 Å². The molecule has 1 aromatic rings. The zero-order valence-electron chi connectivity index (χ0n) is 9.65. The van der Waals surface area contributed by atoms with Gasteiger partial charge >= 0.3 is 0 Å². The summed E-state index contributed by atoms with van der Waals surface area (Å²) >= 11 is 0. The van der Waals surface area contributed by atoms with E-state index in [9.17, 15) is 0 Å². The van der Waals surface area contributed by atoms with E-state index >= 15 is 0 Å². The molecule has 0 bridgehead atoms. The van der Waals surface area contributed by atoms with Gasteiger partial charge in [0.1, 0.15) is 6.17 Å². The van der Waals surface area contributed by atoms with Crippen LogP contribution in [-0.4, -0.2) is 37.2 Å². The largest absolute Gasteiger partial charge is 0.366 e. The number of nitrogens with one attached hydrogen (secondary N) is 3. The van der Waals surface area contributed by atoms with Crippen molar-refractivity contribution in [1.82, 2.24) is 15.6 Å². The predicted molar refractivity (Wildman–Crippen MR) is 65.7 cm³/mol. The summed E-state index contributed by atoms with van der Waals surface area (Å²) in [5.74, 6) is 1.52. The highest BCUT2D eigenvalue weighted by atomic mass is 15.4. The normalized spacial score (nSPS) is 22.3. The summed E-state index contributed by atoms with van der Waals surface area (Å²) in [6.45, 7) is 1.98. The van der Waals surface area contributed by atoms with E-state index in [0.717, 1.165) is 17.6 Å². The molecule has 0 saturated carbocycles. The van der Waals surface area contributed by atoms with Crippen molar-refractivity contribution in [3.8, 4) is 0 Å². The fraction of sp³-hybridized carbons (Fsp3) is 0.400. The van der Waals surface area contributed by atoms with Gasteiger partial charge in [0.25, 0.3) is 0 Å². The molecule has 0 aliphatic carbocycles. The van der Waals surface area contributed by atoms with Gasteiger partial charge in [-0.05, 0) is 13.0 Å². The van der Waals surface area contributed by atoms with E-state index in [4.69, 9.17) is 0 Å². The Hall–Kier alpha value is -1.98. The molecule has 0 saturated heterocycles. The first kappa shape index (κ1) is 10.5. The average molecular weight is 220 g/mol. The number of aromatic nitrogens is 1. The minimum Gasteiger partial charge on any atom is -0.366 e. The van der Waals surface area contributed by atoms with Crippen LogP contribution < -0.4 is 15.5 Å². The molecule has 2 heterocycles. The maximum Gasteiger partial charge on any atom is 0.207 e. The van der Waals surface area contributed by atoms with Gasteiger partial charge in [0, 0.05) is 26.5 Å². The van der Waals surface area contributed by atoms with E-state index in [1.165, 1.54) is 0 Å². The number of hydrogen-bond acceptors (Lipinski definition) is 3. The van der Waals surface area contributed by atoms with Crippen LogP contribution in [0.25, 0.3) is 0 Å². The molecule has 1 aromatic heterocycles. The van der Waals surface area contributed by atoms with Gasteiger partial charge in [-0.3, -0.25) is 10.3 Å². The Bertz CT molecular complexity index is 405. The average Bonchev–Trinajstić information content (AvgIpc) is 2.80. The van der Waals surface area contributed by atoms with Crippen LogP contribution in [0.3, 0.4) is 0 Å². The molecule has 16 heavy (non-hydrogen) atoms. The number of aliphatic imine (C=N–C) groups is 2. The van der Waals surface area contributed by atoms with Crippen molar-refractivity contribution < 1.29 is 0 Å². The topological polar surface area (TPSA) is 67.8 Å². The molecule has 0 spiro atoms. The first-order valence-electron chi connectivity index (χ1n) is 5.15. The Labute approximate surface area is 94.5 Å². The first-order valence-corrected chi connectivity index (χ1v) is 5.15. The van der Waals surface area contributed by atoms with Crippen molar-refractivity contribution in [3.63, 3.8) is 0 Å². The molecule has 6 nitrogen and oxygen atoms in total. The van der Waals surface area contributed by atoms with Gasteiger partial charge in [-0.15, -0.1) is 0 Å². The molecule has 1 aliphatic rings. The molecular weight excluding hydrogens is 204 g/mol. The van der Waals surface area contributed by atoms with Crippen LogP contribution >= 0.6 is 0 Å². The third-order valence-corrected chi connectivity index (χ3v) is 2.40. The van der Waals surface area contributed by atoms with Gasteiger partial charge in [-0.1, -0.05) is 0 Å².